The molecule has 0 atom stereocenters. The summed E-state index contributed by atoms with van der Waals surface area (Å²) in [5.74, 6) is 0.380. The van der Waals surface area contributed by atoms with Crippen molar-refractivity contribution in [2.24, 2.45) is 0 Å². The molecule has 0 aliphatic heterocycles. The van der Waals surface area contributed by atoms with Crippen molar-refractivity contribution in [3.05, 3.63) is 21.6 Å². The predicted octanol–water partition coefficient (Wildman–Crippen LogP) is 3.44. The van der Waals surface area contributed by atoms with Crippen LogP contribution in [0.25, 0.3) is 0 Å². The summed E-state index contributed by atoms with van der Waals surface area (Å²) in [6.07, 6.45) is 0. The topological polar surface area (TPSA) is 55.4 Å². The Kier molecular flexibility index (Phi) is 5.37. The minimum absolute atomic E-state index is 0.256. The first-order valence-corrected chi connectivity index (χ1v) is 7.93. The fourth-order valence-corrected chi connectivity index (χ4v) is 2.75. The van der Waals surface area contributed by atoms with Gasteiger partial charge in [0.05, 0.1) is 16.8 Å². The number of rotatable bonds is 5. The van der Waals surface area contributed by atoms with Gasteiger partial charge in [-0.05, 0) is 35.0 Å². The summed E-state index contributed by atoms with van der Waals surface area (Å²) >= 11 is 14.4. The smallest absolute Gasteiger partial charge is 0.246 e. The summed E-state index contributed by atoms with van der Waals surface area (Å²) < 4.78 is 31.0. The van der Waals surface area contributed by atoms with Crippen LogP contribution in [0.3, 0.4) is 0 Å². The summed E-state index contributed by atoms with van der Waals surface area (Å²) in [7, 11) is -3.59. The fraction of sp³-hybridized carbons (Fsp3) is 0.333. The largest absolute Gasteiger partial charge is 0.490 e. The van der Waals surface area contributed by atoms with Crippen molar-refractivity contribution in [2.75, 3.05) is 16.5 Å². The third-order valence-electron chi connectivity index (χ3n) is 1.71. The average Bonchev–Trinajstić information content (AvgIpc) is 2.23. The highest BCUT2D eigenvalue weighted by atomic mass is 79.9. The average molecular weight is 363 g/mol. The van der Waals surface area contributed by atoms with E-state index in [9.17, 15) is 8.42 Å². The monoisotopic (exact) mass is 361 g/mol. The second-order valence-corrected chi connectivity index (χ2v) is 6.62. The number of hydrogen-bond acceptors (Lipinski definition) is 3. The van der Waals surface area contributed by atoms with E-state index in [1.54, 1.807) is 13.0 Å². The molecule has 4 nitrogen and oxygen atoms in total. The molecule has 0 spiro atoms. The zero-order chi connectivity index (χ0) is 13.1. The van der Waals surface area contributed by atoms with E-state index in [2.05, 4.69) is 20.7 Å². The Balaban J connectivity index is 3.21. The van der Waals surface area contributed by atoms with Gasteiger partial charge in [-0.25, -0.2) is 8.42 Å². The van der Waals surface area contributed by atoms with Crippen molar-refractivity contribution in [1.82, 2.24) is 0 Å². The summed E-state index contributed by atoms with van der Waals surface area (Å²) in [4.78, 5) is 0. The Labute approximate surface area is 118 Å². The lowest BCUT2D eigenvalue weighted by atomic mass is 10.3. The number of hydrogen-bond donors (Lipinski definition) is 1. The van der Waals surface area contributed by atoms with Crippen LogP contribution in [0.2, 0.25) is 5.02 Å². The molecule has 0 aliphatic rings. The van der Waals surface area contributed by atoms with Gasteiger partial charge in [0.25, 0.3) is 0 Å². The maximum Gasteiger partial charge on any atom is 0.246 e. The summed E-state index contributed by atoms with van der Waals surface area (Å²) in [6, 6.07) is 3.08. The first-order chi connectivity index (χ1) is 7.89. The van der Waals surface area contributed by atoms with Gasteiger partial charge in [0.1, 0.15) is 5.21 Å². The van der Waals surface area contributed by atoms with Gasteiger partial charge in [0.2, 0.25) is 10.0 Å². The molecule has 0 saturated heterocycles. The molecule has 1 N–H and O–H groups in total. The van der Waals surface area contributed by atoms with E-state index < -0.39 is 15.2 Å². The molecular weight excluding hydrogens is 353 g/mol. The van der Waals surface area contributed by atoms with Crippen LogP contribution in [0.5, 0.6) is 5.75 Å². The molecule has 96 valence electrons. The van der Waals surface area contributed by atoms with Crippen molar-refractivity contribution in [2.45, 2.75) is 6.92 Å². The molecule has 0 aliphatic carbocycles. The number of benzene rings is 1. The lowest BCUT2D eigenvalue weighted by Crippen LogP contribution is -2.14. The molecule has 17 heavy (non-hydrogen) atoms. The molecular formula is C9H10BrCl2NO3S. The Morgan fingerprint density at radius 2 is 2.12 bits per heavy atom. The van der Waals surface area contributed by atoms with Crippen LogP contribution in [-0.2, 0) is 10.0 Å². The third-order valence-corrected chi connectivity index (χ3v) is 4.19. The molecule has 0 saturated carbocycles. The highest BCUT2D eigenvalue weighted by Crippen LogP contribution is 2.37. The molecule has 0 bridgehead atoms. The highest BCUT2D eigenvalue weighted by Gasteiger charge is 2.15. The Morgan fingerprint density at radius 1 is 1.47 bits per heavy atom. The van der Waals surface area contributed by atoms with Gasteiger partial charge >= 0.3 is 0 Å². The van der Waals surface area contributed by atoms with E-state index in [0.29, 0.717) is 21.9 Å². The van der Waals surface area contributed by atoms with Crippen LogP contribution in [0.15, 0.2) is 16.6 Å². The lowest BCUT2D eigenvalue weighted by Gasteiger charge is -2.13. The number of alkyl halides is 1. The first-order valence-electron chi connectivity index (χ1n) is 4.58. The molecule has 0 heterocycles. The Morgan fingerprint density at radius 3 is 2.65 bits per heavy atom. The van der Waals surface area contributed by atoms with Crippen LogP contribution >= 0.6 is 39.1 Å². The molecule has 8 heteroatoms. The zero-order valence-electron chi connectivity index (χ0n) is 8.84. The van der Waals surface area contributed by atoms with E-state index in [4.69, 9.17) is 27.9 Å². The van der Waals surface area contributed by atoms with Gasteiger partial charge < -0.3 is 4.74 Å². The minimum Gasteiger partial charge on any atom is -0.490 e. The van der Waals surface area contributed by atoms with E-state index in [1.165, 1.54) is 6.07 Å². The molecule has 0 radical (unpaired) electrons. The Bertz CT molecular complexity index is 507. The summed E-state index contributed by atoms with van der Waals surface area (Å²) in [5.41, 5.74) is 0.256. The highest BCUT2D eigenvalue weighted by molar-refractivity contribution is 9.10. The van der Waals surface area contributed by atoms with E-state index in [0.717, 1.165) is 0 Å². The summed E-state index contributed by atoms with van der Waals surface area (Å²) in [6.45, 7) is 2.19. The van der Waals surface area contributed by atoms with Crippen LogP contribution < -0.4 is 9.46 Å². The van der Waals surface area contributed by atoms with Crippen LogP contribution in [0.4, 0.5) is 5.69 Å². The normalized spacial score (nSPS) is 11.3. The second-order valence-electron chi connectivity index (χ2n) is 3.02. The number of sulfonamides is 1. The van der Waals surface area contributed by atoms with E-state index >= 15 is 0 Å². The van der Waals surface area contributed by atoms with Gasteiger partial charge in [0.15, 0.2) is 5.75 Å². The minimum atomic E-state index is -3.59. The van der Waals surface area contributed by atoms with Crippen molar-refractivity contribution >= 4 is 54.8 Å². The van der Waals surface area contributed by atoms with Crippen molar-refractivity contribution in [3.63, 3.8) is 0 Å². The maximum atomic E-state index is 11.4. The SMILES string of the molecule is CCOc1c(Br)cc(Cl)cc1NS(=O)(=O)CCl. The maximum absolute atomic E-state index is 11.4. The van der Waals surface area contributed by atoms with Gasteiger partial charge in [0, 0.05) is 5.02 Å². The molecule has 0 aromatic heterocycles. The second kappa shape index (κ2) is 6.13. The number of anilines is 1. The predicted molar refractivity (Wildman–Crippen MR) is 73.6 cm³/mol. The lowest BCUT2D eigenvalue weighted by molar-refractivity contribution is 0.340. The zero-order valence-corrected chi connectivity index (χ0v) is 12.8. The standard InChI is InChI=1S/C9H10BrCl2NO3S/c1-2-16-9-7(10)3-6(12)4-8(9)13-17(14,15)5-11/h3-4,13H,2,5H2,1H3. The molecule has 1 aromatic carbocycles. The van der Waals surface area contributed by atoms with Crippen LogP contribution in [-0.4, -0.2) is 20.2 Å². The van der Waals surface area contributed by atoms with Crippen molar-refractivity contribution < 1.29 is 13.2 Å². The fourth-order valence-electron chi connectivity index (χ4n) is 1.12. The van der Waals surface area contributed by atoms with E-state index in [-0.39, 0.29) is 5.69 Å². The van der Waals surface area contributed by atoms with Crippen LogP contribution in [0.1, 0.15) is 6.92 Å². The molecule has 0 unspecified atom stereocenters. The summed E-state index contributed by atoms with van der Waals surface area (Å²) in [5, 5.41) is -0.157. The number of ether oxygens (including phenoxy) is 1. The Hall–Kier alpha value is -0.170. The van der Waals surface area contributed by atoms with Crippen LogP contribution in [0, 0.1) is 0 Å². The molecule has 0 amide bonds. The molecule has 0 fully saturated rings. The van der Waals surface area contributed by atoms with Gasteiger partial charge in [-0.3, -0.25) is 4.72 Å². The van der Waals surface area contributed by atoms with E-state index in [1.807, 2.05) is 0 Å². The number of nitrogens with one attached hydrogen (secondary N) is 1. The quantitative estimate of drug-likeness (QED) is 0.816. The number of halogens is 3. The van der Waals surface area contributed by atoms with Gasteiger partial charge in [-0.1, -0.05) is 11.6 Å². The van der Waals surface area contributed by atoms with Gasteiger partial charge in [-0.2, -0.15) is 0 Å². The molecule has 1 aromatic rings. The van der Waals surface area contributed by atoms with Crippen molar-refractivity contribution in [1.29, 1.82) is 0 Å². The van der Waals surface area contributed by atoms with Gasteiger partial charge in [-0.15, -0.1) is 11.6 Å². The molecule has 1 rings (SSSR count). The first kappa shape index (κ1) is 14.9. The van der Waals surface area contributed by atoms with Crippen molar-refractivity contribution in [3.8, 4) is 5.75 Å². The third kappa shape index (κ3) is 4.21.